The van der Waals surface area contributed by atoms with Gasteiger partial charge < -0.3 is 15.0 Å². The Kier molecular flexibility index (Phi) is 5.88. The van der Waals surface area contributed by atoms with Gasteiger partial charge in [0.1, 0.15) is 0 Å². The third-order valence-electron chi connectivity index (χ3n) is 3.82. The number of nitro groups is 1. The minimum absolute atomic E-state index is 0.128. The Hall–Kier alpha value is -3.30. The van der Waals surface area contributed by atoms with Crippen LogP contribution < -0.4 is 10.1 Å². The number of nitrogens with zero attached hydrogens (tertiary/aromatic N) is 2. The van der Waals surface area contributed by atoms with Gasteiger partial charge in [-0.25, -0.2) is 4.79 Å². The van der Waals surface area contributed by atoms with Crippen molar-refractivity contribution in [3.63, 3.8) is 0 Å². The molecule has 144 valence electrons. The minimum atomic E-state index is -4.90. The Morgan fingerprint density at radius 2 is 1.89 bits per heavy atom. The van der Waals surface area contributed by atoms with Crippen molar-refractivity contribution >= 4 is 17.4 Å². The molecule has 2 aromatic rings. The molecule has 0 radical (unpaired) electrons. The number of hydrogen-bond donors (Lipinski definition) is 1. The summed E-state index contributed by atoms with van der Waals surface area (Å²) < 4.78 is 41.3. The van der Waals surface area contributed by atoms with Crippen molar-refractivity contribution in [2.75, 3.05) is 12.4 Å². The van der Waals surface area contributed by atoms with Crippen molar-refractivity contribution in [3.05, 3.63) is 64.2 Å². The lowest BCUT2D eigenvalue weighted by Crippen LogP contribution is -2.34. The first-order valence-corrected chi connectivity index (χ1v) is 7.71. The van der Waals surface area contributed by atoms with Crippen LogP contribution in [0.25, 0.3) is 0 Å². The Balaban J connectivity index is 2.16. The van der Waals surface area contributed by atoms with E-state index in [0.717, 1.165) is 6.07 Å². The van der Waals surface area contributed by atoms with Gasteiger partial charge in [0.25, 0.3) is 5.69 Å². The number of ether oxygens (including phenoxy) is 1. The van der Waals surface area contributed by atoms with E-state index in [2.05, 4.69) is 10.1 Å². The van der Waals surface area contributed by atoms with E-state index in [9.17, 15) is 28.1 Å². The molecule has 0 fully saturated rings. The highest BCUT2D eigenvalue weighted by molar-refractivity contribution is 5.91. The van der Waals surface area contributed by atoms with E-state index in [1.165, 1.54) is 48.3 Å². The van der Waals surface area contributed by atoms with Crippen LogP contribution in [0.5, 0.6) is 5.75 Å². The summed E-state index contributed by atoms with van der Waals surface area (Å²) in [6.07, 6.45) is -4.90. The van der Waals surface area contributed by atoms with E-state index < -0.39 is 29.1 Å². The fourth-order valence-corrected chi connectivity index (χ4v) is 2.28. The van der Waals surface area contributed by atoms with Crippen molar-refractivity contribution in [2.45, 2.75) is 19.3 Å². The number of rotatable bonds is 5. The van der Waals surface area contributed by atoms with Gasteiger partial charge in [-0.3, -0.25) is 10.1 Å². The van der Waals surface area contributed by atoms with E-state index in [-0.39, 0.29) is 11.4 Å². The summed E-state index contributed by atoms with van der Waals surface area (Å²) in [5.41, 5.74) is 0.219. The molecule has 0 aromatic heterocycles. The van der Waals surface area contributed by atoms with Crippen LogP contribution in [-0.4, -0.2) is 29.3 Å². The molecule has 0 spiro atoms. The molecule has 0 saturated carbocycles. The second-order valence-electron chi connectivity index (χ2n) is 5.61. The quantitative estimate of drug-likeness (QED) is 0.598. The minimum Gasteiger partial charge on any atom is -0.404 e. The van der Waals surface area contributed by atoms with Gasteiger partial charge in [0.2, 0.25) is 0 Å². The monoisotopic (exact) mass is 383 g/mol. The molecule has 1 N–H and O–H groups in total. The summed E-state index contributed by atoms with van der Waals surface area (Å²) in [5, 5.41) is 13.2. The number of alkyl halides is 3. The van der Waals surface area contributed by atoms with Crippen LogP contribution in [0.3, 0.4) is 0 Å². The highest BCUT2D eigenvalue weighted by atomic mass is 19.4. The van der Waals surface area contributed by atoms with Crippen LogP contribution in [-0.2, 0) is 0 Å². The standard InChI is InChI=1S/C17H16F3N3O4/c1-11(12-6-5-7-13(10-12)23(25)26)22(2)16(24)21-14-8-3-4-9-15(14)27-17(18,19)20/h3-11H,1-2H3,(H,21,24)/t11-/m1/s1. The summed E-state index contributed by atoms with van der Waals surface area (Å²) in [7, 11) is 1.42. The fraction of sp³-hybridized carbons (Fsp3) is 0.235. The fourth-order valence-electron chi connectivity index (χ4n) is 2.28. The zero-order chi connectivity index (χ0) is 20.2. The Morgan fingerprint density at radius 1 is 1.22 bits per heavy atom. The number of hydrogen-bond acceptors (Lipinski definition) is 4. The second kappa shape index (κ2) is 7.94. The maximum atomic E-state index is 12.5. The molecule has 0 aliphatic heterocycles. The number of nitrogens with one attached hydrogen (secondary N) is 1. The first-order chi connectivity index (χ1) is 12.6. The smallest absolute Gasteiger partial charge is 0.404 e. The average Bonchev–Trinajstić information content (AvgIpc) is 2.61. The molecule has 10 heteroatoms. The van der Waals surface area contributed by atoms with Crippen LogP contribution >= 0.6 is 0 Å². The molecule has 7 nitrogen and oxygen atoms in total. The maximum Gasteiger partial charge on any atom is 0.573 e. The lowest BCUT2D eigenvalue weighted by atomic mass is 10.1. The number of halogens is 3. The number of non-ortho nitro benzene ring substituents is 1. The molecule has 0 unspecified atom stereocenters. The molecule has 2 rings (SSSR count). The number of anilines is 1. The molecular weight excluding hydrogens is 367 g/mol. The van der Waals surface area contributed by atoms with Gasteiger partial charge in [0.05, 0.1) is 16.7 Å². The number of benzene rings is 2. The molecule has 2 aromatic carbocycles. The normalized spacial score (nSPS) is 12.2. The Morgan fingerprint density at radius 3 is 2.52 bits per heavy atom. The topological polar surface area (TPSA) is 84.7 Å². The molecular formula is C17H16F3N3O4. The summed E-state index contributed by atoms with van der Waals surface area (Å²) in [6.45, 7) is 1.64. The van der Waals surface area contributed by atoms with Crippen molar-refractivity contribution in [1.29, 1.82) is 0 Å². The molecule has 0 heterocycles. The van der Waals surface area contributed by atoms with E-state index >= 15 is 0 Å². The molecule has 0 saturated heterocycles. The highest BCUT2D eigenvalue weighted by Crippen LogP contribution is 2.31. The van der Waals surface area contributed by atoms with Crippen molar-refractivity contribution in [1.82, 2.24) is 4.90 Å². The maximum absolute atomic E-state index is 12.5. The third kappa shape index (κ3) is 5.33. The molecule has 0 aliphatic carbocycles. The average molecular weight is 383 g/mol. The predicted octanol–water partition coefficient (Wildman–Crippen LogP) is 4.72. The summed E-state index contributed by atoms with van der Waals surface area (Å²) in [5.74, 6) is -0.547. The van der Waals surface area contributed by atoms with E-state index in [1.54, 1.807) is 13.0 Å². The SMILES string of the molecule is C[C@H](c1cccc([N+](=O)[O-])c1)N(C)C(=O)Nc1ccccc1OC(F)(F)F. The number of carbonyl (C=O) groups excluding carboxylic acids is 1. The van der Waals surface area contributed by atoms with Crippen LogP contribution in [0.2, 0.25) is 0 Å². The molecule has 2 amide bonds. The van der Waals surface area contributed by atoms with E-state index in [4.69, 9.17) is 0 Å². The molecule has 1 atom stereocenters. The van der Waals surface area contributed by atoms with Crippen molar-refractivity contribution in [3.8, 4) is 5.75 Å². The Labute approximate surface area is 152 Å². The van der Waals surface area contributed by atoms with Crippen LogP contribution in [0.15, 0.2) is 48.5 Å². The number of urea groups is 1. The van der Waals surface area contributed by atoms with Crippen LogP contribution in [0.4, 0.5) is 29.3 Å². The van der Waals surface area contributed by atoms with Gasteiger partial charge >= 0.3 is 12.4 Å². The molecule has 0 aliphatic rings. The Bertz CT molecular complexity index is 842. The highest BCUT2D eigenvalue weighted by Gasteiger charge is 2.32. The van der Waals surface area contributed by atoms with Crippen LogP contribution in [0, 0.1) is 10.1 Å². The van der Waals surface area contributed by atoms with E-state index in [0.29, 0.717) is 5.56 Å². The number of carbonyl (C=O) groups is 1. The van der Waals surface area contributed by atoms with Gasteiger partial charge in [-0.05, 0) is 24.6 Å². The third-order valence-corrected chi connectivity index (χ3v) is 3.82. The first kappa shape index (κ1) is 20.0. The van der Waals surface area contributed by atoms with Gasteiger partial charge in [-0.15, -0.1) is 13.2 Å². The van der Waals surface area contributed by atoms with Crippen molar-refractivity contribution in [2.24, 2.45) is 0 Å². The van der Waals surface area contributed by atoms with Gasteiger partial charge in [0, 0.05) is 19.2 Å². The number of para-hydroxylation sites is 2. The zero-order valence-electron chi connectivity index (χ0n) is 14.4. The molecule has 0 bridgehead atoms. The first-order valence-electron chi connectivity index (χ1n) is 7.71. The van der Waals surface area contributed by atoms with Crippen LogP contribution in [0.1, 0.15) is 18.5 Å². The number of nitro benzene ring substituents is 1. The largest absolute Gasteiger partial charge is 0.573 e. The molecule has 27 heavy (non-hydrogen) atoms. The lowest BCUT2D eigenvalue weighted by molar-refractivity contribution is -0.384. The zero-order valence-corrected chi connectivity index (χ0v) is 14.4. The second-order valence-corrected chi connectivity index (χ2v) is 5.61. The summed E-state index contributed by atoms with van der Waals surface area (Å²) >= 11 is 0. The van der Waals surface area contributed by atoms with Gasteiger partial charge in [-0.1, -0.05) is 24.3 Å². The van der Waals surface area contributed by atoms with Gasteiger partial charge in [-0.2, -0.15) is 0 Å². The summed E-state index contributed by atoms with van der Waals surface area (Å²) in [4.78, 5) is 23.9. The summed E-state index contributed by atoms with van der Waals surface area (Å²) in [6, 6.07) is 9.61. The lowest BCUT2D eigenvalue weighted by Gasteiger charge is -2.26. The van der Waals surface area contributed by atoms with E-state index in [1.807, 2.05) is 0 Å². The number of amides is 2. The van der Waals surface area contributed by atoms with Crippen molar-refractivity contribution < 1.29 is 27.6 Å². The van der Waals surface area contributed by atoms with Gasteiger partial charge in [0.15, 0.2) is 5.75 Å². The predicted molar refractivity (Wildman–Crippen MR) is 91.4 cm³/mol.